The van der Waals surface area contributed by atoms with Crippen molar-refractivity contribution >= 4 is 10.9 Å². The number of methoxy groups -OCH3 is 1. The van der Waals surface area contributed by atoms with Crippen LogP contribution in [0.3, 0.4) is 0 Å². The van der Waals surface area contributed by atoms with E-state index in [4.69, 9.17) is 4.74 Å². The van der Waals surface area contributed by atoms with E-state index in [2.05, 4.69) is 29.5 Å². The molecule has 3 saturated heterocycles. The van der Waals surface area contributed by atoms with Crippen LogP contribution in [-0.4, -0.2) is 41.2 Å². The lowest BCUT2D eigenvalue weighted by atomic mass is 9.73. The molecule has 1 aromatic carbocycles. The third-order valence-electron chi connectivity index (χ3n) is 6.39. The van der Waals surface area contributed by atoms with E-state index >= 15 is 0 Å². The Hall–Kier alpha value is -1.91. The highest BCUT2D eigenvalue weighted by atomic mass is 16.5. The van der Waals surface area contributed by atoms with E-state index in [9.17, 15) is 5.11 Å². The molecule has 3 fully saturated rings. The quantitative estimate of drug-likeness (QED) is 0.833. The van der Waals surface area contributed by atoms with Crippen molar-refractivity contribution in [1.82, 2.24) is 9.88 Å². The van der Waals surface area contributed by atoms with E-state index in [-0.39, 0.29) is 6.04 Å². The van der Waals surface area contributed by atoms with Crippen LogP contribution in [0.5, 0.6) is 5.75 Å². The van der Waals surface area contributed by atoms with Crippen molar-refractivity contribution < 1.29 is 9.84 Å². The molecule has 0 amide bonds. The monoisotopic (exact) mass is 352 g/mol. The van der Waals surface area contributed by atoms with E-state index in [1.165, 1.54) is 6.42 Å². The molecule has 0 aliphatic carbocycles. The molecule has 4 nitrogen and oxygen atoms in total. The molecule has 5 rings (SSSR count). The first-order chi connectivity index (χ1) is 12.7. The van der Waals surface area contributed by atoms with Crippen LogP contribution in [0.15, 0.2) is 37.1 Å². The van der Waals surface area contributed by atoms with Gasteiger partial charge in [0.2, 0.25) is 0 Å². The van der Waals surface area contributed by atoms with Crippen LogP contribution in [0.2, 0.25) is 0 Å². The van der Waals surface area contributed by atoms with E-state index in [1.54, 1.807) is 7.11 Å². The fraction of sp³-hybridized carbons (Fsp3) is 0.500. The van der Waals surface area contributed by atoms with Gasteiger partial charge < -0.3 is 9.84 Å². The van der Waals surface area contributed by atoms with Gasteiger partial charge in [-0.1, -0.05) is 13.0 Å². The Kier molecular flexibility index (Phi) is 4.72. The Morgan fingerprint density at radius 1 is 1.46 bits per heavy atom. The first-order valence-electron chi connectivity index (χ1n) is 9.66. The van der Waals surface area contributed by atoms with Crippen LogP contribution >= 0.6 is 0 Å². The number of ether oxygens (including phenoxy) is 1. The van der Waals surface area contributed by atoms with Gasteiger partial charge in [0, 0.05) is 24.2 Å². The van der Waals surface area contributed by atoms with E-state index in [0.29, 0.717) is 11.8 Å². The summed E-state index contributed by atoms with van der Waals surface area (Å²) < 4.78 is 5.42. The molecule has 5 atom stereocenters. The molecule has 1 aromatic heterocycles. The highest BCUT2D eigenvalue weighted by Gasteiger charge is 2.42. The SMILES string of the molecule is C=C[C@H]1CN2CCC1C[C@H]2[C@H](O)c1c(CC)cnc2ccc(OC)cc12. The summed E-state index contributed by atoms with van der Waals surface area (Å²) in [4.78, 5) is 7.06. The number of hydrogen-bond acceptors (Lipinski definition) is 4. The second kappa shape index (κ2) is 7.01. The van der Waals surface area contributed by atoms with Crippen LogP contribution in [0.25, 0.3) is 10.9 Å². The second-order valence-corrected chi connectivity index (χ2v) is 7.62. The van der Waals surface area contributed by atoms with Gasteiger partial charge in [0.05, 0.1) is 18.7 Å². The fourth-order valence-corrected chi connectivity index (χ4v) is 4.89. The normalized spacial score (nSPS) is 28.9. The number of aryl methyl sites for hydroxylation is 1. The summed E-state index contributed by atoms with van der Waals surface area (Å²) in [6.07, 6.45) is 6.63. The van der Waals surface area contributed by atoms with E-state index < -0.39 is 6.10 Å². The average molecular weight is 352 g/mol. The number of hydrogen-bond donors (Lipinski definition) is 1. The summed E-state index contributed by atoms with van der Waals surface area (Å²) in [5.41, 5.74) is 3.07. The van der Waals surface area contributed by atoms with Gasteiger partial charge >= 0.3 is 0 Å². The number of aliphatic hydroxyl groups is 1. The van der Waals surface area contributed by atoms with E-state index in [1.807, 2.05) is 24.4 Å². The van der Waals surface area contributed by atoms with Gasteiger partial charge in [-0.05, 0) is 67.0 Å². The van der Waals surface area contributed by atoms with Gasteiger partial charge in [-0.15, -0.1) is 6.58 Å². The molecular weight excluding hydrogens is 324 g/mol. The Morgan fingerprint density at radius 2 is 2.31 bits per heavy atom. The predicted octanol–water partition coefficient (Wildman–Crippen LogP) is 3.74. The number of fused-ring (bicyclic) bond motifs is 4. The van der Waals surface area contributed by atoms with Crippen molar-refractivity contribution in [2.24, 2.45) is 11.8 Å². The van der Waals surface area contributed by atoms with Crippen molar-refractivity contribution in [2.75, 3.05) is 20.2 Å². The van der Waals surface area contributed by atoms with Crippen molar-refractivity contribution in [1.29, 1.82) is 0 Å². The lowest BCUT2D eigenvalue weighted by Gasteiger charge is -2.50. The molecule has 3 aliphatic rings. The summed E-state index contributed by atoms with van der Waals surface area (Å²) in [7, 11) is 1.68. The molecule has 2 unspecified atom stereocenters. The number of piperidine rings is 3. The molecule has 1 N–H and O–H groups in total. The molecule has 138 valence electrons. The van der Waals surface area contributed by atoms with Crippen molar-refractivity contribution in [3.63, 3.8) is 0 Å². The maximum absolute atomic E-state index is 11.5. The minimum Gasteiger partial charge on any atom is -0.497 e. The number of aromatic nitrogens is 1. The standard InChI is InChI=1S/C22H28N2O2/c1-4-14-12-23-19-7-6-17(26-3)11-18(19)21(14)22(25)20-10-16-8-9-24(20)13-15(16)5-2/h5-7,11-12,15-16,20,22,25H,2,4,8-10,13H2,1,3H3/t15-,16?,20-,22-/m0/s1. The maximum atomic E-state index is 11.5. The summed E-state index contributed by atoms with van der Waals surface area (Å²) >= 11 is 0. The molecule has 4 heteroatoms. The minimum absolute atomic E-state index is 0.173. The molecule has 4 heterocycles. The maximum Gasteiger partial charge on any atom is 0.119 e. The average Bonchev–Trinajstić information content (AvgIpc) is 2.71. The molecule has 3 aliphatic heterocycles. The number of aliphatic hydroxyl groups excluding tert-OH is 1. The molecular formula is C22H28N2O2. The van der Waals surface area contributed by atoms with Crippen LogP contribution in [0, 0.1) is 11.8 Å². The van der Waals surface area contributed by atoms with Gasteiger partial charge in [0.1, 0.15) is 5.75 Å². The van der Waals surface area contributed by atoms with Crippen molar-refractivity contribution in [3.8, 4) is 5.75 Å². The molecule has 0 saturated carbocycles. The fourth-order valence-electron chi connectivity index (χ4n) is 4.89. The molecule has 2 bridgehead atoms. The highest BCUT2D eigenvalue weighted by molar-refractivity contribution is 5.85. The second-order valence-electron chi connectivity index (χ2n) is 7.62. The van der Waals surface area contributed by atoms with Crippen LogP contribution in [0.1, 0.15) is 37.0 Å². The first kappa shape index (κ1) is 17.5. The zero-order valence-electron chi connectivity index (χ0n) is 15.7. The predicted molar refractivity (Wildman–Crippen MR) is 104 cm³/mol. The van der Waals surface area contributed by atoms with E-state index in [0.717, 1.165) is 53.7 Å². The largest absolute Gasteiger partial charge is 0.497 e. The molecule has 26 heavy (non-hydrogen) atoms. The summed E-state index contributed by atoms with van der Waals surface area (Å²) in [5.74, 6) is 2.01. The van der Waals surface area contributed by atoms with Gasteiger partial charge in [-0.25, -0.2) is 0 Å². The van der Waals surface area contributed by atoms with Crippen LogP contribution in [0.4, 0.5) is 0 Å². The van der Waals surface area contributed by atoms with Gasteiger partial charge in [0.25, 0.3) is 0 Å². The lowest BCUT2D eigenvalue weighted by Crippen LogP contribution is -2.55. The zero-order valence-corrected chi connectivity index (χ0v) is 15.7. The van der Waals surface area contributed by atoms with Gasteiger partial charge in [-0.3, -0.25) is 9.88 Å². The highest BCUT2D eigenvalue weighted by Crippen LogP contribution is 2.43. The number of nitrogens with zero attached hydrogens (tertiary/aromatic N) is 2. The van der Waals surface area contributed by atoms with Crippen LogP contribution < -0.4 is 4.74 Å². The molecule has 0 spiro atoms. The van der Waals surface area contributed by atoms with Gasteiger partial charge in [-0.2, -0.15) is 0 Å². The van der Waals surface area contributed by atoms with Gasteiger partial charge in [0.15, 0.2) is 0 Å². The first-order valence-corrected chi connectivity index (χ1v) is 9.66. The lowest BCUT2D eigenvalue weighted by molar-refractivity contribution is -0.0447. The Balaban J connectivity index is 1.76. The summed E-state index contributed by atoms with van der Waals surface area (Å²) in [5, 5.41) is 12.5. The molecule has 2 aromatic rings. The number of rotatable bonds is 5. The number of benzene rings is 1. The Bertz CT molecular complexity index is 814. The minimum atomic E-state index is -0.504. The third-order valence-corrected chi connectivity index (χ3v) is 6.39. The summed E-state index contributed by atoms with van der Waals surface area (Å²) in [6.45, 7) is 8.22. The summed E-state index contributed by atoms with van der Waals surface area (Å²) in [6, 6.07) is 6.10. The van der Waals surface area contributed by atoms with Crippen molar-refractivity contribution in [3.05, 3.63) is 48.2 Å². The topological polar surface area (TPSA) is 45.6 Å². The zero-order chi connectivity index (χ0) is 18.3. The Morgan fingerprint density at radius 3 is 2.96 bits per heavy atom. The Labute approximate surface area is 155 Å². The smallest absolute Gasteiger partial charge is 0.119 e. The third kappa shape index (κ3) is 2.81. The van der Waals surface area contributed by atoms with Crippen LogP contribution in [-0.2, 0) is 6.42 Å². The number of pyridine rings is 1. The molecule has 0 radical (unpaired) electrons. The van der Waals surface area contributed by atoms with Crippen molar-refractivity contribution in [2.45, 2.75) is 38.3 Å².